The van der Waals surface area contributed by atoms with Crippen LogP contribution in [0, 0.1) is 5.92 Å². The summed E-state index contributed by atoms with van der Waals surface area (Å²) < 4.78 is 9.62. The first-order valence-electron chi connectivity index (χ1n) is 8.88. The van der Waals surface area contributed by atoms with Crippen LogP contribution in [0.1, 0.15) is 43.7 Å². The number of hydrogen-bond acceptors (Lipinski definition) is 5. The van der Waals surface area contributed by atoms with Crippen LogP contribution < -0.4 is 5.32 Å². The van der Waals surface area contributed by atoms with Gasteiger partial charge in [-0.1, -0.05) is 49.6 Å². The minimum atomic E-state index is -0.664. The van der Waals surface area contributed by atoms with E-state index in [4.69, 9.17) is 4.74 Å². The summed E-state index contributed by atoms with van der Waals surface area (Å²) in [6.45, 7) is -0.00712. The van der Waals surface area contributed by atoms with Gasteiger partial charge >= 0.3 is 11.9 Å². The normalized spacial score (nSPS) is 16.0. The Balaban J connectivity index is 1.97. The Morgan fingerprint density at radius 2 is 1.73 bits per heavy atom. The van der Waals surface area contributed by atoms with Crippen molar-refractivity contribution < 1.29 is 23.9 Å². The maximum atomic E-state index is 12.6. The second kappa shape index (κ2) is 10.4. The fourth-order valence-electron chi connectivity index (χ4n) is 2.98. The third kappa shape index (κ3) is 6.35. The van der Waals surface area contributed by atoms with Crippen molar-refractivity contribution in [2.24, 2.45) is 5.92 Å². The molecular weight excluding hydrogens is 334 g/mol. The smallest absolute Gasteiger partial charge is 0.331 e. The van der Waals surface area contributed by atoms with Crippen LogP contribution in [0.25, 0.3) is 0 Å². The van der Waals surface area contributed by atoms with Gasteiger partial charge in [-0.15, -0.1) is 0 Å². The van der Waals surface area contributed by atoms with Crippen LogP contribution in [0.15, 0.2) is 42.5 Å². The number of amides is 1. The van der Waals surface area contributed by atoms with Gasteiger partial charge in [-0.25, -0.2) is 9.59 Å². The molecule has 6 heteroatoms. The van der Waals surface area contributed by atoms with E-state index in [-0.39, 0.29) is 18.4 Å². The summed E-state index contributed by atoms with van der Waals surface area (Å²) in [6.07, 6.45) is 7.13. The van der Waals surface area contributed by atoms with E-state index in [1.54, 1.807) is 0 Å². The number of esters is 2. The highest BCUT2D eigenvalue weighted by molar-refractivity contribution is 5.91. The van der Waals surface area contributed by atoms with Crippen LogP contribution in [-0.2, 0) is 23.9 Å². The van der Waals surface area contributed by atoms with E-state index < -0.39 is 18.0 Å². The standard InChI is InChI=1S/C20H25NO5/c1-25-18(22)12-13-19(23)26-14-17(15-8-4-2-5-9-15)21-20(24)16-10-6-3-7-11-16/h2,4-5,8-9,12-13,16-17H,3,6-7,10-11,14H2,1H3,(H,21,24)/b13-12+/t17-/m1/s1. The van der Waals surface area contributed by atoms with Gasteiger partial charge in [0.1, 0.15) is 6.61 Å². The molecule has 0 radical (unpaired) electrons. The third-order valence-electron chi connectivity index (χ3n) is 4.44. The van der Waals surface area contributed by atoms with Crippen LogP contribution in [0.2, 0.25) is 0 Å². The lowest BCUT2D eigenvalue weighted by Crippen LogP contribution is -2.37. The predicted molar refractivity (Wildman–Crippen MR) is 96.0 cm³/mol. The summed E-state index contributed by atoms with van der Waals surface area (Å²) in [5.74, 6) is -1.28. The van der Waals surface area contributed by atoms with E-state index in [9.17, 15) is 14.4 Å². The van der Waals surface area contributed by atoms with Crippen molar-refractivity contribution in [3.63, 3.8) is 0 Å². The van der Waals surface area contributed by atoms with Crippen molar-refractivity contribution in [3.8, 4) is 0 Å². The van der Waals surface area contributed by atoms with Gasteiger partial charge in [0.15, 0.2) is 0 Å². The average Bonchev–Trinajstić information content (AvgIpc) is 2.70. The fourth-order valence-corrected chi connectivity index (χ4v) is 2.98. The number of hydrogen-bond donors (Lipinski definition) is 1. The summed E-state index contributed by atoms with van der Waals surface area (Å²) >= 11 is 0. The molecule has 6 nitrogen and oxygen atoms in total. The first kappa shape index (κ1) is 19.7. The van der Waals surface area contributed by atoms with E-state index in [0.717, 1.165) is 43.4 Å². The maximum absolute atomic E-state index is 12.6. The zero-order chi connectivity index (χ0) is 18.8. The lowest BCUT2D eigenvalue weighted by atomic mass is 9.88. The topological polar surface area (TPSA) is 81.7 Å². The van der Waals surface area contributed by atoms with Crippen LogP contribution >= 0.6 is 0 Å². The quantitative estimate of drug-likeness (QED) is 0.598. The number of methoxy groups -OCH3 is 1. The largest absolute Gasteiger partial charge is 0.466 e. The second-order valence-corrected chi connectivity index (χ2v) is 6.29. The molecule has 0 spiro atoms. The van der Waals surface area contributed by atoms with Crippen LogP contribution in [0.3, 0.4) is 0 Å². The fraction of sp³-hybridized carbons (Fsp3) is 0.450. The zero-order valence-corrected chi connectivity index (χ0v) is 15.0. The SMILES string of the molecule is COC(=O)/C=C/C(=O)OC[C@@H](NC(=O)C1CCCCC1)c1ccccc1. The second-order valence-electron chi connectivity index (χ2n) is 6.29. The van der Waals surface area contributed by atoms with Crippen LogP contribution in [0.4, 0.5) is 0 Å². The van der Waals surface area contributed by atoms with E-state index in [1.807, 2.05) is 30.3 Å². The Morgan fingerprint density at radius 3 is 2.38 bits per heavy atom. The van der Waals surface area contributed by atoms with Gasteiger partial charge in [-0.2, -0.15) is 0 Å². The summed E-state index contributed by atoms with van der Waals surface area (Å²) in [6, 6.07) is 8.95. The first-order valence-corrected chi connectivity index (χ1v) is 8.88. The monoisotopic (exact) mass is 359 g/mol. The Bertz CT molecular complexity index is 635. The maximum Gasteiger partial charge on any atom is 0.331 e. The molecule has 1 aliphatic rings. The minimum Gasteiger partial charge on any atom is -0.466 e. The molecule has 1 saturated carbocycles. The number of nitrogens with one attached hydrogen (secondary N) is 1. The molecule has 0 unspecified atom stereocenters. The van der Waals surface area contributed by atoms with Crippen molar-refractivity contribution in [3.05, 3.63) is 48.0 Å². The molecule has 0 saturated heterocycles. The van der Waals surface area contributed by atoms with Crippen molar-refractivity contribution in [1.82, 2.24) is 5.32 Å². The Labute approximate surface area is 153 Å². The summed E-state index contributed by atoms with van der Waals surface area (Å²) in [7, 11) is 1.23. The van der Waals surface area contributed by atoms with E-state index in [1.165, 1.54) is 13.5 Å². The molecule has 1 aliphatic carbocycles. The van der Waals surface area contributed by atoms with Crippen molar-refractivity contribution >= 4 is 17.8 Å². The summed E-state index contributed by atoms with van der Waals surface area (Å²) in [5, 5.41) is 3.00. The zero-order valence-electron chi connectivity index (χ0n) is 15.0. The van der Waals surface area contributed by atoms with Crippen LogP contribution in [0.5, 0.6) is 0 Å². The molecule has 2 rings (SSSR count). The van der Waals surface area contributed by atoms with Crippen LogP contribution in [-0.4, -0.2) is 31.6 Å². The molecule has 1 aromatic carbocycles. The molecule has 1 aromatic rings. The van der Waals surface area contributed by atoms with Gasteiger partial charge in [0.2, 0.25) is 5.91 Å². The lowest BCUT2D eigenvalue weighted by Gasteiger charge is -2.25. The molecule has 0 heterocycles. The Kier molecular flexibility index (Phi) is 7.86. The average molecular weight is 359 g/mol. The third-order valence-corrected chi connectivity index (χ3v) is 4.44. The number of rotatable bonds is 7. The molecule has 0 aromatic heterocycles. The highest BCUT2D eigenvalue weighted by Crippen LogP contribution is 2.25. The van der Waals surface area contributed by atoms with Gasteiger partial charge in [-0.3, -0.25) is 4.79 Å². The number of benzene rings is 1. The number of carbonyl (C=O) groups excluding carboxylic acids is 3. The molecular formula is C20H25NO5. The molecule has 0 bridgehead atoms. The van der Waals surface area contributed by atoms with Gasteiger partial charge in [0, 0.05) is 18.1 Å². The molecule has 1 atom stereocenters. The predicted octanol–water partition coefficient (Wildman–Crippen LogP) is 2.70. The summed E-state index contributed by atoms with van der Waals surface area (Å²) in [5.41, 5.74) is 0.862. The molecule has 1 N–H and O–H groups in total. The highest BCUT2D eigenvalue weighted by Gasteiger charge is 2.24. The van der Waals surface area contributed by atoms with E-state index in [0.29, 0.717) is 0 Å². The van der Waals surface area contributed by atoms with E-state index in [2.05, 4.69) is 10.1 Å². The highest BCUT2D eigenvalue weighted by atomic mass is 16.5. The lowest BCUT2D eigenvalue weighted by molar-refractivity contribution is -0.140. The van der Waals surface area contributed by atoms with Crippen molar-refractivity contribution in [1.29, 1.82) is 0 Å². The first-order chi connectivity index (χ1) is 12.6. The molecule has 140 valence electrons. The molecule has 0 aliphatic heterocycles. The van der Waals surface area contributed by atoms with Gasteiger partial charge in [-0.05, 0) is 18.4 Å². The Hall–Kier alpha value is -2.63. The number of ether oxygens (including phenoxy) is 2. The van der Waals surface area contributed by atoms with Gasteiger partial charge in [0.25, 0.3) is 0 Å². The Morgan fingerprint density at radius 1 is 1.08 bits per heavy atom. The summed E-state index contributed by atoms with van der Waals surface area (Å²) in [4.78, 5) is 35.3. The minimum absolute atomic E-state index is 0.000273. The van der Waals surface area contributed by atoms with Crippen molar-refractivity contribution in [2.45, 2.75) is 38.1 Å². The molecule has 1 amide bonds. The number of carbonyl (C=O) groups is 3. The molecule has 1 fully saturated rings. The van der Waals surface area contributed by atoms with Gasteiger partial charge < -0.3 is 14.8 Å². The molecule has 26 heavy (non-hydrogen) atoms. The van der Waals surface area contributed by atoms with E-state index >= 15 is 0 Å². The van der Waals surface area contributed by atoms with Crippen molar-refractivity contribution in [2.75, 3.05) is 13.7 Å². The van der Waals surface area contributed by atoms with Gasteiger partial charge in [0.05, 0.1) is 13.2 Å².